The van der Waals surface area contributed by atoms with Crippen molar-refractivity contribution in [1.82, 2.24) is 14.8 Å². The number of methoxy groups -OCH3 is 1. The number of hydrogen-bond acceptors (Lipinski definition) is 5. The SMILES string of the molecule is CCCn1c(CO)nnc1COCCOC. The largest absolute Gasteiger partial charge is 0.388 e. The van der Waals surface area contributed by atoms with Crippen LogP contribution in [0, 0.1) is 0 Å². The summed E-state index contributed by atoms with van der Waals surface area (Å²) in [5.74, 6) is 1.34. The zero-order valence-electron chi connectivity index (χ0n) is 9.85. The monoisotopic (exact) mass is 229 g/mol. The quantitative estimate of drug-likeness (QED) is 0.651. The van der Waals surface area contributed by atoms with Crippen molar-refractivity contribution in [3.63, 3.8) is 0 Å². The van der Waals surface area contributed by atoms with Gasteiger partial charge in [-0.05, 0) is 6.42 Å². The number of aliphatic hydroxyl groups excluding tert-OH is 1. The van der Waals surface area contributed by atoms with E-state index in [-0.39, 0.29) is 6.61 Å². The van der Waals surface area contributed by atoms with Crippen LogP contribution in [0.25, 0.3) is 0 Å². The molecular weight excluding hydrogens is 210 g/mol. The van der Waals surface area contributed by atoms with Crippen molar-refractivity contribution in [2.45, 2.75) is 33.1 Å². The van der Waals surface area contributed by atoms with Gasteiger partial charge in [0.05, 0.1) is 13.2 Å². The summed E-state index contributed by atoms with van der Waals surface area (Å²) in [6, 6.07) is 0. The van der Waals surface area contributed by atoms with Crippen LogP contribution in [-0.2, 0) is 29.2 Å². The third-order valence-electron chi connectivity index (χ3n) is 2.16. The van der Waals surface area contributed by atoms with Gasteiger partial charge in [-0.3, -0.25) is 0 Å². The van der Waals surface area contributed by atoms with E-state index in [0.717, 1.165) is 18.8 Å². The molecule has 1 N–H and O–H groups in total. The van der Waals surface area contributed by atoms with Crippen LogP contribution >= 0.6 is 0 Å². The lowest BCUT2D eigenvalue weighted by Crippen LogP contribution is -2.10. The first-order chi connectivity index (χ1) is 7.83. The van der Waals surface area contributed by atoms with Crippen molar-refractivity contribution in [3.8, 4) is 0 Å². The van der Waals surface area contributed by atoms with Crippen molar-refractivity contribution >= 4 is 0 Å². The molecule has 0 bridgehead atoms. The summed E-state index contributed by atoms with van der Waals surface area (Å²) in [4.78, 5) is 0. The van der Waals surface area contributed by atoms with Crippen LogP contribution in [-0.4, -0.2) is 40.2 Å². The molecule has 1 rings (SSSR count). The number of aromatic nitrogens is 3. The van der Waals surface area contributed by atoms with Gasteiger partial charge in [0.2, 0.25) is 0 Å². The first-order valence-electron chi connectivity index (χ1n) is 5.42. The zero-order valence-corrected chi connectivity index (χ0v) is 9.85. The van der Waals surface area contributed by atoms with Gasteiger partial charge < -0.3 is 19.1 Å². The molecule has 0 unspecified atom stereocenters. The topological polar surface area (TPSA) is 69.4 Å². The predicted octanol–water partition coefficient (Wildman–Crippen LogP) is 0.343. The molecule has 0 saturated heterocycles. The molecule has 0 amide bonds. The van der Waals surface area contributed by atoms with Gasteiger partial charge in [-0.25, -0.2) is 0 Å². The third kappa shape index (κ3) is 3.55. The summed E-state index contributed by atoms with van der Waals surface area (Å²) < 4.78 is 12.1. The van der Waals surface area contributed by atoms with Crippen LogP contribution < -0.4 is 0 Å². The normalized spacial score (nSPS) is 10.9. The van der Waals surface area contributed by atoms with Gasteiger partial charge in [-0.1, -0.05) is 6.92 Å². The highest BCUT2D eigenvalue weighted by Crippen LogP contribution is 2.05. The van der Waals surface area contributed by atoms with E-state index < -0.39 is 0 Å². The molecule has 6 heteroatoms. The Bertz CT molecular complexity index is 301. The lowest BCUT2D eigenvalue weighted by molar-refractivity contribution is 0.0570. The van der Waals surface area contributed by atoms with Crippen LogP contribution in [0.3, 0.4) is 0 Å². The third-order valence-corrected chi connectivity index (χ3v) is 2.16. The van der Waals surface area contributed by atoms with E-state index >= 15 is 0 Å². The lowest BCUT2D eigenvalue weighted by atomic mass is 10.4. The van der Waals surface area contributed by atoms with Gasteiger partial charge in [-0.15, -0.1) is 10.2 Å². The second-order valence-electron chi connectivity index (χ2n) is 3.39. The van der Waals surface area contributed by atoms with Gasteiger partial charge in [0.1, 0.15) is 13.2 Å². The summed E-state index contributed by atoms with van der Waals surface area (Å²) in [5.41, 5.74) is 0. The van der Waals surface area contributed by atoms with E-state index in [1.54, 1.807) is 7.11 Å². The predicted molar refractivity (Wildman–Crippen MR) is 57.8 cm³/mol. The average molecular weight is 229 g/mol. The van der Waals surface area contributed by atoms with Gasteiger partial charge in [-0.2, -0.15) is 0 Å². The van der Waals surface area contributed by atoms with Crippen LogP contribution in [0.4, 0.5) is 0 Å². The summed E-state index contributed by atoms with van der Waals surface area (Å²) >= 11 is 0. The van der Waals surface area contributed by atoms with Gasteiger partial charge in [0, 0.05) is 13.7 Å². The molecule has 0 saturated carbocycles. The van der Waals surface area contributed by atoms with Crippen LogP contribution in [0.15, 0.2) is 0 Å². The molecule has 0 fully saturated rings. The molecule has 0 aliphatic heterocycles. The summed E-state index contributed by atoms with van der Waals surface area (Å²) in [6.07, 6.45) is 0.968. The Labute approximate surface area is 95.2 Å². The van der Waals surface area contributed by atoms with E-state index in [1.165, 1.54) is 0 Å². The smallest absolute Gasteiger partial charge is 0.159 e. The highest BCUT2D eigenvalue weighted by Gasteiger charge is 2.10. The van der Waals surface area contributed by atoms with Crippen LogP contribution in [0.5, 0.6) is 0 Å². The Hall–Kier alpha value is -0.980. The van der Waals surface area contributed by atoms with Crippen LogP contribution in [0.2, 0.25) is 0 Å². The Kier molecular flexibility index (Phi) is 5.99. The van der Waals surface area contributed by atoms with E-state index in [1.807, 2.05) is 4.57 Å². The molecule has 0 spiro atoms. The minimum atomic E-state index is -0.0922. The van der Waals surface area contributed by atoms with E-state index in [9.17, 15) is 0 Å². The molecule has 16 heavy (non-hydrogen) atoms. The molecule has 1 aromatic heterocycles. The fraction of sp³-hybridized carbons (Fsp3) is 0.800. The Morgan fingerprint density at radius 3 is 2.62 bits per heavy atom. The first-order valence-corrected chi connectivity index (χ1v) is 5.42. The number of nitrogens with zero attached hydrogens (tertiary/aromatic N) is 3. The average Bonchev–Trinajstić information content (AvgIpc) is 2.68. The summed E-state index contributed by atoms with van der Waals surface area (Å²) in [6.45, 7) is 4.27. The number of hydrogen-bond donors (Lipinski definition) is 1. The van der Waals surface area contributed by atoms with E-state index in [2.05, 4.69) is 17.1 Å². The van der Waals surface area contributed by atoms with Crippen molar-refractivity contribution < 1.29 is 14.6 Å². The fourth-order valence-corrected chi connectivity index (χ4v) is 1.38. The molecule has 1 heterocycles. The molecule has 0 aliphatic rings. The molecular formula is C10H19N3O3. The maximum absolute atomic E-state index is 9.08. The van der Waals surface area contributed by atoms with Crippen molar-refractivity contribution in [2.24, 2.45) is 0 Å². The minimum Gasteiger partial charge on any atom is -0.388 e. The summed E-state index contributed by atoms with van der Waals surface area (Å²) in [7, 11) is 1.63. The summed E-state index contributed by atoms with van der Waals surface area (Å²) in [5, 5.41) is 17.0. The molecule has 0 atom stereocenters. The Morgan fingerprint density at radius 1 is 1.25 bits per heavy atom. The molecule has 92 valence electrons. The van der Waals surface area contributed by atoms with Gasteiger partial charge >= 0.3 is 0 Å². The molecule has 6 nitrogen and oxygen atoms in total. The number of rotatable bonds is 8. The second kappa shape index (κ2) is 7.32. The van der Waals surface area contributed by atoms with E-state index in [0.29, 0.717) is 25.6 Å². The first kappa shape index (κ1) is 13.1. The maximum atomic E-state index is 9.08. The van der Waals surface area contributed by atoms with Crippen LogP contribution in [0.1, 0.15) is 25.0 Å². The Balaban J connectivity index is 2.53. The molecule has 0 radical (unpaired) electrons. The molecule has 0 aromatic carbocycles. The minimum absolute atomic E-state index is 0.0922. The molecule has 1 aromatic rings. The highest BCUT2D eigenvalue weighted by molar-refractivity contribution is 4.93. The molecule has 0 aliphatic carbocycles. The number of ether oxygens (including phenoxy) is 2. The highest BCUT2D eigenvalue weighted by atomic mass is 16.5. The fourth-order valence-electron chi connectivity index (χ4n) is 1.38. The van der Waals surface area contributed by atoms with Crippen molar-refractivity contribution in [1.29, 1.82) is 0 Å². The standard InChI is InChI=1S/C10H19N3O3/c1-3-4-13-9(7-14)11-12-10(13)8-16-6-5-15-2/h14H,3-8H2,1-2H3. The van der Waals surface area contributed by atoms with Gasteiger partial charge in [0.15, 0.2) is 11.6 Å². The van der Waals surface area contributed by atoms with Gasteiger partial charge in [0.25, 0.3) is 0 Å². The van der Waals surface area contributed by atoms with Crippen molar-refractivity contribution in [2.75, 3.05) is 20.3 Å². The van der Waals surface area contributed by atoms with Crippen molar-refractivity contribution in [3.05, 3.63) is 11.6 Å². The number of aliphatic hydroxyl groups is 1. The zero-order chi connectivity index (χ0) is 11.8. The Morgan fingerprint density at radius 2 is 2.00 bits per heavy atom. The van der Waals surface area contributed by atoms with E-state index in [4.69, 9.17) is 14.6 Å². The maximum Gasteiger partial charge on any atom is 0.159 e. The second-order valence-corrected chi connectivity index (χ2v) is 3.39. The lowest BCUT2D eigenvalue weighted by Gasteiger charge is -2.08.